The first kappa shape index (κ1) is 12.8. The molecule has 1 atom stereocenters. The maximum atomic E-state index is 5.74. The summed E-state index contributed by atoms with van der Waals surface area (Å²) in [6.45, 7) is 3.18. The predicted molar refractivity (Wildman–Crippen MR) is 70.7 cm³/mol. The number of hydrogen-bond donors (Lipinski definition) is 2. The van der Waals surface area contributed by atoms with Gasteiger partial charge in [-0.25, -0.2) is 9.50 Å². The second-order valence-electron chi connectivity index (χ2n) is 4.25. The molecule has 0 aliphatic rings. The van der Waals surface area contributed by atoms with Crippen LogP contribution < -0.4 is 11.1 Å². The Morgan fingerprint density at radius 1 is 1.56 bits per heavy atom. The second-order valence-corrected chi connectivity index (χ2v) is 4.25. The zero-order valence-electron chi connectivity index (χ0n) is 10.8. The summed E-state index contributed by atoms with van der Waals surface area (Å²) >= 11 is 0. The minimum Gasteiger partial charge on any atom is -0.385 e. The Labute approximate surface area is 106 Å². The van der Waals surface area contributed by atoms with Gasteiger partial charge in [0.2, 0.25) is 0 Å². The Kier molecular flexibility index (Phi) is 4.11. The first-order valence-corrected chi connectivity index (χ1v) is 6.01. The van der Waals surface area contributed by atoms with Crippen molar-refractivity contribution in [1.82, 2.24) is 14.6 Å². The number of anilines is 1. The van der Waals surface area contributed by atoms with Gasteiger partial charge in [-0.05, 0) is 19.4 Å². The average Bonchev–Trinajstić information content (AvgIpc) is 2.75. The maximum absolute atomic E-state index is 5.74. The number of hydrogen-bond acceptors (Lipinski definition) is 5. The third kappa shape index (κ3) is 2.77. The summed E-state index contributed by atoms with van der Waals surface area (Å²) in [6.07, 6.45) is 4.41. The molecule has 2 aromatic rings. The smallest absolute Gasteiger partial charge is 0.152 e. The zero-order valence-corrected chi connectivity index (χ0v) is 10.8. The Morgan fingerprint density at radius 3 is 3.11 bits per heavy atom. The number of nitrogens with two attached hydrogens (primary N) is 1. The minimum atomic E-state index is 0.152. The van der Waals surface area contributed by atoms with Crippen LogP contribution in [-0.2, 0) is 4.74 Å². The predicted octanol–water partition coefficient (Wildman–Crippen LogP) is 0.813. The van der Waals surface area contributed by atoms with Crippen molar-refractivity contribution in [3.05, 3.63) is 24.2 Å². The summed E-state index contributed by atoms with van der Waals surface area (Å²) in [5, 5.41) is 7.69. The Hall–Kier alpha value is -1.66. The molecular formula is C12H19N5O. The molecule has 2 heterocycles. The fourth-order valence-corrected chi connectivity index (χ4v) is 1.86. The number of aryl methyl sites for hydroxylation is 1. The van der Waals surface area contributed by atoms with Crippen molar-refractivity contribution in [2.45, 2.75) is 19.4 Å². The number of rotatable bonds is 6. The molecule has 0 bridgehead atoms. The quantitative estimate of drug-likeness (QED) is 0.792. The van der Waals surface area contributed by atoms with Crippen molar-refractivity contribution >= 4 is 11.3 Å². The molecule has 18 heavy (non-hydrogen) atoms. The lowest BCUT2D eigenvalue weighted by Gasteiger charge is -2.17. The molecule has 0 saturated heterocycles. The van der Waals surface area contributed by atoms with Crippen LogP contribution in [0, 0.1) is 6.92 Å². The molecule has 6 heteroatoms. The number of ether oxygens (including phenoxy) is 1. The molecule has 0 aliphatic heterocycles. The third-order valence-electron chi connectivity index (χ3n) is 2.81. The number of nitrogens with one attached hydrogen (secondary N) is 1. The highest BCUT2D eigenvalue weighted by atomic mass is 16.5. The minimum absolute atomic E-state index is 0.152. The van der Waals surface area contributed by atoms with E-state index in [1.54, 1.807) is 13.3 Å². The fraction of sp³-hybridized carbons (Fsp3) is 0.500. The van der Waals surface area contributed by atoms with Gasteiger partial charge in [0.1, 0.15) is 5.52 Å². The Balaban J connectivity index is 2.19. The molecule has 0 saturated carbocycles. The molecule has 1 unspecified atom stereocenters. The molecule has 98 valence electrons. The van der Waals surface area contributed by atoms with Crippen LogP contribution in [0.3, 0.4) is 0 Å². The Bertz CT molecular complexity index is 510. The van der Waals surface area contributed by atoms with Crippen LogP contribution in [0.4, 0.5) is 5.82 Å². The van der Waals surface area contributed by atoms with Gasteiger partial charge in [0.25, 0.3) is 0 Å². The Morgan fingerprint density at radius 2 is 2.39 bits per heavy atom. The van der Waals surface area contributed by atoms with E-state index < -0.39 is 0 Å². The number of methoxy groups -OCH3 is 1. The van der Waals surface area contributed by atoms with E-state index in [2.05, 4.69) is 15.4 Å². The summed E-state index contributed by atoms with van der Waals surface area (Å²) in [4.78, 5) is 4.35. The number of fused-ring (bicyclic) bond motifs is 1. The van der Waals surface area contributed by atoms with Crippen molar-refractivity contribution in [2.75, 3.05) is 25.6 Å². The van der Waals surface area contributed by atoms with Crippen LogP contribution in [0.15, 0.2) is 18.5 Å². The van der Waals surface area contributed by atoms with Gasteiger partial charge >= 0.3 is 0 Å². The zero-order chi connectivity index (χ0) is 13.0. The van der Waals surface area contributed by atoms with Crippen LogP contribution in [0.5, 0.6) is 0 Å². The average molecular weight is 249 g/mol. The number of aromatic nitrogens is 3. The van der Waals surface area contributed by atoms with E-state index in [0.717, 1.165) is 23.4 Å². The maximum Gasteiger partial charge on any atom is 0.152 e. The van der Waals surface area contributed by atoms with Crippen molar-refractivity contribution in [3.63, 3.8) is 0 Å². The van der Waals surface area contributed by atoms with Gasteiger partial charge in [-0.3, -0.25) is 0 Å². The van der Waals surface area contributed by atoms with Crippen molar-refractivity contribution in [2.24, 2.45) is 5.73 Å². The molecule has 2 aromatic heterocycles. The lowest BCUT2D eigenvalue weighted by atomic mass is 10.2. The normalized spacial score (nSPS) is 12.8. The highest BCUT2D eigenvalue weighted by molar-refractivity contribution is 5.68. The van der Waals surface area contributed by atoms with Gasteiger partial charge in [-0.15, -0.1) is 0 Å². The van der Waals surface area contributed by atoms with Crippen LogP contribution in [0.25, 0.3) is 5.52 Å². The SMILES string of the molecule is COCCC(CN)Nc1nccn2nc(C)cc12. The molecule has 0 aliphatic carbocycles. The topological polar surface area (TPSA) is 77.5 Å². The summed E-state index contributed by atoms with van der Waals surface area (Å²) in [6, 6.07) is 2.15. The molecule has 0 amide bonds. The third-order valence-corrected chi connectivity index (χ3v) is 2.81. The van der Waals surface area contributed by atoms with Crippen molar-refractivity contribution in [3.8, 4) is 0 Å². The first-order chi connectivity index (χ1) is 8.74. The largest absolute Gasteiger partial charge is 0.385 e. The summed E-state index contributed by atoms with van der Waals surface area (Å²) < 4.78 is 6.88. The van der Waals surface area contributed by atoms with Crippen LogP contribution in [0.1, 0.15) is 12.1 Å². The van der Waals surface area contributed by atoms with Gasteiger partial charge in [0.05, 0.1) is 5.69 Å². The van der Waals surface area contributed by atoms with Gasteiger partial charge < -0.3 is 15.8 Å². The first-order valence-electron chi connectivity index (χ1n) is 6.01. The highest BCUT2D eigenvalue weighted by Crippen LogP contribution is 2.16. The van der Waals surface area contributed by atoms with Crippen molar-refractivity contribution < 1.29 is 4.74 Å². The van der Waals surface area contributed by atoms with E-state index in [0.29, 0.717) is 13.2 Å². The van der Waals surface area contributed by atoms with E-state index in [4.69, 9.17) is 10.5 Å². The lowest BCUT2D eigenvalue weighted by Crippen LogP contribution is -2.30. The molecule has 0 fully saturated rings. The summed E-state index contributed by atoms with van der Waals surface area (Å²) in [5.41, 5.74) is 7.67. The monoisotopic (exact) mass is 249 g/mol. The van der Waals surface area contributed by atoms with Gasteiger partial charge in [-0.1, -0.05) is 0 Å². The molecule has 6 nitrogen and oxygen atoms in total. The number of nitrogens with zero attached hydrogens (tertiary/aromatic N) is 3. The van der Waals surface area contributed by atoms with Crippen LogP contribution in [0.2, 0.25) is 0 Å². The molecule has 2 rings (SSSR count). The lowest BCUT2D eigenvalue weighted by molar-refractivity contribution is 0.190. The van der Waals surface area contributed by atoms with E-state index in [-0.39, 0.29) is 6.04 Å². The molecular weight excluding hydrogens is 230 g/mol. The molecule has 0 aromatic carbocycles. The highest BCUT2D eigenvalue weighted by Gasteiger charge is 2.10. The van der Waals surface area contributed by atoms with E-state index in [1.807, 2.05) is 23.7 Å². The summed E-state index contributed by atoms with van der Waals surface area (Å²) in [5.74, 6) is 0.810. The summed E-state index contributed by atoms with van der Waals surface area (Å²) in [7, 11) is 1.69. The fourth-order valence-electron chi connectivity index (χ4n) is 1.86. The van der Waals surface area contributed by atoms with Crippen LogP contribution >= 0.6 is 0 Å². The molecule has 0 radical (unpaired) electrons. The second kappa shape index (κ2) is 5.79. The van der Waals surface area contributed by atoms with Crippen LogP contribution in [-0.4, -0.2) is 40.9 Å². The van der Waals surface area contributed by atoms with Crippen molar-refractivity contribution in [1.29, 1.82) is 0 Å². The van der Waals surface area contributed by atoms with E-state index >= 15 is 0 Å². The van der Waals surface area contributed by atoms with Gasteiger partial charge in [0.15, 0.2) is 5.82 Å². The van der Waals surface area contributed by atoms with E-state index in [1.165, 1.54) is 0 Å². The van der Waals surface area contributed by atoms with Gasteiger partial charge in [0, 0.05) is 38.7 Å². The molecule has 3 N–H and O–H groups in total. The standard InChI is InChI=1S/C12H19N5O/c1-9-7-11-12(14-4-5-17(11)16-9)15-10(8-13)3-6-18-2/h4-5,7,10H,3,6,8,13H2,1-2H3,(H,14,15). The molecule has 0 spiro atoms. The van der Waals surface area contributed by atoms with Gasteiger partial charge in [-0.2, -0.15) is 5.10 Å². The van der Waals surface area contributed by atoms with E-state index in [9.17, 15) is 0 Å².